The Balaban J connectivity index is 3.11. The second-order valence-electron chi connectivity index (χ2n) is 3.82. The monoisotopic (exact) mass is 293 g/mol. The molecule has 0 radical (unpaired) electrons. The molecule has 1 N–H and O–H groups in total. The van der Waals surface area contributed by atoms with Gasteiger partial charge in [0.1, 0.15) is 0 Å². The molecule has 0 aliphatic carbocycles. The lowest BCUT2D eigenvalue weighted by Gasteiger charge is -2.05. The topological polar surface area (TPSA) is 38.3 Å². The van der Waals surface area contributed by atoms with Crippen molar-refractivity contribution in [3.05, 3.63) is 0 Å². The van der Waals surface area contributed by atoms with E-state index in [4.69, 9.17) is 4.74 Å². The van der Waals surface area contributed by atoms with Gasteiger partial charge < -0.3 is 10.1 Å². The smallest absolute Gasteiger partial charge is 0.219 e. The summed E-state index contributed by atoms with van der Waals surface area (Å²) in [5, 5.41) is 3.78. The molecule has 0 aromatic rings. The molecule has 0 saturated heterocycles. The van der Waals surface area contributed by atoms with Gasteiger partial charge in [-0.3, -0.25) is 4.79 Å². The van der Waals surface area contributed by atoms with Gasteiger partial charge in [0.2, 0.25) is 5.91 Å². The van der Waals surface area contributed by atoms with Crippen LogP contribution in [0.25, 0.3) is 0 Å². The third-order valence-electron chi connectivity index (χ3n) is 2.27. The van der Waals surface area contributed by atoms with Crippen LogP contribution in [0.15, 0.2) is 0 Å². The summed E-state index contributed by atoms with van der Waals surface area (Å²) >= 11 is 3.29. The second-order valence-corrected chi connectivity index (χ2v) is 4.61. The summed E-state index contributed by atoms with van der Waals surface area (Å²) in [5.74, 6) is 0.177. The van der Waals surface area contributed by atoms with Crippen LogP contribution in [0.3, 0.4) is 0 Å². The highest BCUT2D eigenvalue weighted by Crippen LogP contribution is 2.01. The first-order valence-corrected chi connectivity index (χ1v) is 7.33. The fourth-order valence-corrected chi connectivity index (χ4v) is 1.59. The number of carbonyl (C=O) groups excluding carboxylic acids is 1. The van der Waals surface area contributed by atoms with Crippen molar-refractivity contribution < 1.29 is 9.53 Å². The van der Waals surface area contributed by atoms with E-state index in [0.717, 1.165) is 44.4 Å². The Hall–Kier alpha value is -0.0900. The zero-order chi connectivity index (χ0) is 12.1. The maximum Gasteiger partial charge on any atom is 0.219 e. The Morgan fingerprint density at radius 2 is 2.00 bits per heavy atom. The number of rotatable bonds is 11. The van der Waals surface area contributed by atoms with Gasteiger partial charge in [0.15, 0.2) is 0 Å². The Morgan fingerprint density at radius 1 is 1.19 bits per heavy atom. The number of hydrogen-bond acceptors (Lipinski definition) is 2. The van der Waals surface area contributed by atoms with E-state index < -0.39 is 0 Å². The van der Waals surface area contributed by atoms with Crippen molar-refractivity contribution >= 4 is 21.8 Å². The summed E-state index contributed by atoms with van der Waals surface area (Å²) in [4.78, 5) is 11.3. The van der Waals surface area contributed by atoms with Crippen LogP contribution in [0.2, 0.25) is 0 Å². The molecule has 0 aliphatic rings. The van der Waals surface area contributed by atoms with Crippen molar-refractivity contribution in [1.29, 1.82) is 0 Å². The van der Waals surface area contributed by atoms with Crippen molar-refractivity contribution in [2.45, 2.75) is 45.4 Å². The van der Waals surface area contributed by atoms with Crippen LogP contribution in [0.4, 0.5) is 0 Å². The van der Waals surface area contributed by atoms with Crippen LogP contribution in [-0.4, -0.2) is 31.0 Å². The highest BCUT2D eigenvalue weighted by molar-refractivity contribution is 9.09. The number of halogens is 1. The minimum absolute atomic E-state index is 0.177. The molecule has 1 amide bonds. The van der Waals surface area contributed by atoms with Gasteiger partial charge in [-0.1, -0.05) is 42.1 Å². The third-order valence-corrected chi connectivity index (χ3v) is 2.59. The number of hydrogen-bond donors (Lipinski definition) is 1. The Kier molecular flexibility index (Phi) is 12.9. The maximum atomic E-state index is 11.3. The van der Waals surface area contributed by atoms with E-state index in [2.05, 4.69) is 28.2 Å². The average Bonchev–Trinajstić information content (AvgIpc) is 2.29. The number of carbonyl (C=O) groups is 1. The van der Waals surface area contributed by atoms with E-state index in [-0.39, 0.29) is 5.91 Å². The molecule has 4 heteroatoms. The van der Waals surface area contributed by atoms with Gasteiger partial charge in [-0.05, 0) is 12.8 Å². The lowest BCUT2D eigenvalue weighted by molar-refractivity contribution is -0.121. The van der Waals surface area contributed by atoms with Crippen LogP contribution < -0.4 is 5.32 Å². The lowest BCUT2D eigenvalue weighted by atomic mass is 10.1. The van der Waals surface area contributed by atoms with Crippen LogP contribution in [0.1, 0.15) is 45.4 Å². The lowest BCUT2D eigenvalue weighted by Crippen LogP contribution is -2.24. The normalized spacial score (nSPS) is 10.4. The van der Waals surface area contributed by atoms with E-state index in [1.165, 1.54) is 12.8 Å². The fourth-order valence-electron chi connectivity index (χ4n) is 1.36. The maximum absolute atomic E-state index is 11.3. The molecule has 0 atom stereocenters. The first-order chi connectivity index (χ1) is 7.81. The summed E-state index contributed by atoms with van der Waals surface area (Å²) in [5.41, 5.74) is 0. The van der Waals surface area contributed by atoms with Gasteiger partial charge in [0, 0.05) is 24.9 Å². The Morgan fingerprint density at radius 3 is 2.69 bits per heavy atom. The van der Waals surface area contributed by atoms with Crippen LogP contribution in [0.5, 0.6) is 0 Å². The summed E-state index contributed by atoms with van der Waals surface area (Å²) in [6.45, 7) is 4.37. The van der Waals surface area contributed by atoms with Crippen molar-refractivity contribution in [1.82, 2.24) is 5.32 Å². The van der Waals surface area contributed by atoms with Gasteiger partial charge in [0.05, 0.1) is 6.61 Å². The Labute approximate surface area is 107 Å². The molecule has 0 fully saturated rings. The quantitative estimate of drug-likeness (QED) is 0.470. The molecule has 3 nitrogen and oxygen atoms in total. The van der Waals surface area contributed by atoms with E-state index in [9.17, 15) is 4.79 Å². The van der Waals surface area contributed by atoms with Gasteiger partial charge in [-0.25, -0.2) is 0 Å². The molecule has 0 bridgehead atoms. The third kappa shape index (κ3) is 12.0. The SMILES string of the molecule is CCCCCCC(=O)NCCCOCCBr. The minimum Gasteiger partial charge on any atom is -0.381 e. The second kappa shape index (κ2) is 13.0. The molecule has 96 valence electrons. The first-order valence-electron chi connectivity index (χ1n) is 6.21. The minimum atomic E-state index is 0.177. The van der Waals surface area contributed by atoms with Gasteiger partial charge in [-0.15, -0.1) is 0 Å². The number of amides is 1. The predicted octanol–water partition coefficient (Wildman–Crippen LogP) is 2.87. The Bertz CT molecular complexity index is 165. The highest BCUT2D eigenvalue weighted by atomic mass is 79.9. The average molecular weight is 294 g/mol. The molecule has 0 rings (SSSR count). The summed E-state index contributed by atoms with van der Waals surface area (Å²) in [7, 11) is 0. The van der Waals surface area contributed by atoms with Crippen molar-refractivity contribution in [3.63, 3.8) is 0 Å². The molecule has 0 aliphatic heterocycles. The van der Waals surface area contributed by atoms with Gasteiger partial charge in [-0.2, -0.15) is 0 Å². The molecule has 0 aromatic carbocycles. The van der Waals surface area contributed by atoms with Crippen molar-refractivity contribution in [3.8, 4) is 0 Å². The zero-order valence-corrected chi connectivity index (χ0v) is 11.9. The number of alkyl halides is 1. The highest BCUT2D eigenvalue weighted by Gasteiger charge is 1.99. The number of unbranched alkanes of at least 4 members (excludes halogenated alkanes) is 3. The molecule has 0 aromatic heterocycles. The fraction of sp³-hybridized carbons (Fsp3) is 0.917. The van der Waals surface area contributed by atoms with Crippen molar-refractivity contribution in [2.24, 2.45) is 0 Å². The molecular formula is C12H24BrNO2. The number of ether oxygens (including phenoxy) is 1. The van der Waals surface area contributed by atoms with Crippen LogP contribution in [0, 0.1) is 0 Å². The summed E-state index contributed by atoms with van der Waals surface area (Å²) < 4.78 is 5.28. The standard InChI is InChI=1S/C12H24BrNO2/c1-2-3-4-5-7-12(15)14-9-6-10-16-11-8-13/h2-11H2,1H3,(H,14,15). The van der Waals surface area contributed by atoms with E-state index in [0.29, 0.717) is 6.42 Å². The van der Waals surface area contributed by atoms with Crippen molar-refractivity contribution in [2.75, 3.05) is 25.1 Å². The largest absolute Gasteiger partial charge is 0.381 e. The van der Waals surface area contributed by atoms with Crippen LogP contribution >= 0.6 is 15.9 Å². The number of nitrogens with one attached hydrogen (secondary N) is 1. The molecule has 16 heavy (non-hydrogen) atoms. The van der Waals surface area contributed by atoms with E-state index >= 15 is 0 Å². The van der Waals surface area contributed by atoms with Gasteiger partial charge in [0.25, 0.3) is 0 Å². The molecule has 0 spiro atoms. The molecular weight excluding hydrogens is 270 g/mol. The summed E-state index contributed by atoms with van der Waals surface area (Å²) in [6, 6.07) is 0. The molecule has 0 saturated carbocycles. The summed E-state index contributed by atoms with van der Waals surface area (Å²) in [6.07, 6.45) is 6.19. The zero-order valence-electron chi connectivity index (χ0n) is 10.3. The molecule has 0 heterocycles. The first kappa shape index (κ1) is 15.9. The van der Waals surface area contributed by atoms with E-state index in [1.807, 2.05) is 0 Å². The predicted molar refractivity (Wildman–Crippen MR) is 71.0 cm³/mol. The van der Waals surface area contributed by atoms with Gasteiger partial charge >= 0.3 is 0 Å². The molecule has 0 unspecified atom stereocenters. The van der Waals surface area contributed by atoms with Crippen LogP contribution in [-0.2, 0) is 9.53 Å². The van der Waals surface area contributed by atoms with E-state index in [1.54, 1.807) is 0 Å².